The van der Waals surface area contributed by atoms with Crippen molar-refractivity contribution in [1.82, 2.24) is 0 Å². The van der Waals surface area contributed by atoms with Crippen LogP contribution in [0.4, 0.5) is 0 Å². The number of carbonyl (C=O) groups excluding carboxylic acids is 3. The van der Waals surface area contributed by atoms with Crippen LogP contribution in [0.1, 0.15) is 13.8 Å². The molecule has 0 aliphatic carbocycles. The summed E-state index contributed by atoms with van der Waals surface area (Å²) < 4.78 is 14.2. The van der Waals surface area contributed by atoms with Crippen LogP contribution in [-0.4, -0.2) is 83.7 Å². The predicted molar refractivity (Wildman–Crippen MR) is 88.7 cm³/mol. The van der Waals surface area contributed by atoms with E-state index in [1.807, 2.05) is 0 Å². The molecule has 0 saturated carbocycles. The Morgan fingerprint density at radius 2 is 1.26 bits per heavy atom. The Bertz CT molecular complexity index is 543. The molecule has 0 aliphatic heterocycles. The van der Waals surface area contributed by atoms with Gasteiger partial charge in [0.25, 0.3) is 0 Å². The van der Waals surface area contributed by atoms with E-state index >= 15 is 0 Å². The van der Waals surface area contributed by atoms with Gasteiger partial charge in [-0.3, -0.25) is 19.2 Å². The zero-order valence-corrected chi connectivity index (χ0v) is 14.9. The Kier molecular flexibility index (Phi) is 10.4. The highest BCUT2D eigenvalue weighted by molar-refractivity contribution is 5.80. The van der Waals surface area contributed by atoms with Gasteiger partial charge in [-0.1, -0.05) is 0 Å². The smallest absolute Gasteiger partial charge is 0.326 e. The Labute approximate surface area is 154 Å². The fourth-order valence-corrected chi connectivity index (χ4v) is 1.41. The van der Waals surface area contributed by atoms with E-state index in [4.69, 9.17) is 37.9 Å². The summed E-state index contributed by atoms with van der Waals surface area (Å²) in [4.78, 5) is 45.5. The van der Waals surface area contributed by atoms with Gasteiger partial charge in [-0.25, -0.2) is 0 Å². The summed E-state index contributed by atoms with van der Waals surface area (Å²) in [6.07, 6.45) is -2.33. The lowest BCUT2D eigenvalue weighted by molar-refractivity contribution is -0.159. The van der Waals surface area contributed by atoms with E-state index in [9.17, 15) is 19.2 Å². The van der Waals surface area contributed by atoms with Crippen LogP contribution in [0.5, 0.6) is 0 Å². The second-order valence-electron chi connectivity index (χ2n) is 5.75. The maximum Gasteiger partial charge on any atom is 0.326 e. The fraction of sp³-hybridized carbons (Fsp3) is 0.714. The van der Waals surface area contributed by atoms with Gasteiger partial charge in [-0.2, -0.15) is 0 Å². The van der Waals surface area contributed by atoms with Crippen molar-refractivity contribution in [3.8, 4) is 0 Å². The molecule has 10 N–H and O–H groups in total. The number of aliphatic hydroxyl groups is 1. The largest absolute Gasteiger partial charge is 0.480 e. The molecule has 0 aliphatic rings. The standard InChI is InChI=1S/C14H26N4O9/c1-5(19)9(17)13(23)26-4-8(16)12(22)27-6(2)10(18)14(24)25-3-7(15)11(20)21/h5-10,19H,3-4,15-18H2,1-2H3,(H,20,21)/t5-,6-,7+,8+,9+,10+/m1/s1. The summed E-state index contributed by atoms with van der Waals surface area (Å²) >= 11 is 0. The number of aliphatic carboxylic acids is 1. The SMILES string of the molecule is C[C@@H](O)[C@H](N)C(=O)OC[C@H](N)C(=O)O[C@H](C)[C@H](N)C(=O)OC[C@H](N)C(=O)O. The third-order valence-corrected chi connectivity index (χ3v) is 3.30. The molecule has 0 radical (unpaired) electrons. The molecule has 27 heavy (non-hydrogen) atoms. The third-order valence-electron chi connectivity index (χ3n) is 3.30. The molecule has 0 aromatic rings. The predicted octanol–water partition coefficient (Wildman–Crippen LogP) is -4.22. The van der Waals surface area contributed by atoms with Crippen LogP contribution < -0.4 is 22.9 Å². The minimum Gasteiger partial charge on any atom is -0.480 e. The van der Waals surface area contributed by atoms with Crippen molar-refractivity contribution in [2.45, 2.75) is 50.2 Å². The number of aliphatic hydroxyl groups excluding tert-OH is 1. The number of hydrogen-bond acceptors (Lipinski definition) is 12. The van der Waals surface area contributed by atoms with Gasteiger partial charge >= 0.3 is 23.9 Å². The maximum atomic E-state index is 11.8. The van der Waals surface area contributed by atoms with E-state index < -0.39 is 73.5 Å². The van der Waals surface area contributed by atoms with Gasteiger partial charge in [0.15, 0.2) is 0 Å². The van der Waals surface area contributed by atoms with Crippen molar-refractivity contribution in [3.63, 3.8) is 0 Å². The van der Waals surface area contributed by atoms with Crippen LogP contribution in [-0.2, 0) is 33.4 Å². The molecule has 13 heteroatoms. The van der Waals surface area contributed by atoms with Crippen LogP contribution in [0.2, 0.25) is 0 Å². The van der Waals surface area contributed by atoms with E-state index in [-0.39, 0.29) is 0 Å². The number of carboxylic acids is 1. The second kappa shape index (κ2) is 11.4. The first-order valence-electron chi connectivity index (χ1n) is 7.85. The molecule has 0 bridgehead atoms. The van der Waals surface area contributed by atoms with E-state index in [1.54, 1.807) is 0 Å². The van der Waals surface area contributed by atoms with Crippen LogP contribution in [0.15, 0.2) is 0 Å². The number of esters is 3. The van der Waals surface area contributed by atoms with Gasteiger partial charge in [-0.05, 0) is 13.8 Å². The molecule has 0 spiro atoms. The highest BCUT2D eigenvalue weighted by Crippen LogP contribution is 2.03. The van der Waals surface area contributed by atoms with Crippen molar-refractivity contribution < 1.29 is 43.6 Å². The van der Waals surface area contributed by atoms with Crippen molar-refractivity contribution in [2.24, 2.45) is 22.9 Å². The molecule has 0 aromatic carbocycles. The molecule has 0 unspecified atom stereocenters. The summed E-state index contributed by atoms with van der Waals surface area (Å²) in [5, 5.41) is 17.7. The molecule has 0 fully saturated rings. The number of carboxylic acid groups (broad SMARTS) is 1. The number of rotatable bonds is 11. The monoisotopic (exact) mass is 394 g/mol. The summed E-state index contributed by atoms with van der Waals surface area (Å²) in [5.74, 6) is -4.38. The topological polar surface area (TPSA) is 241 Å². The fourth-order valence-electron chi connectivity index (χ4n) is 1.41. The quantitative estimate of drug-likeness (QED) is 0.144. The molecule has 6 atom stereocenters. The van der Waals surface area contributed by atoms with Crippen molar-refractivity contribution in [3.05, 3.63) is 0 Å². The lowest BCUT2D eigenvalue weighted by atomic mass is 10.2. The zero-order valence-electron chi connectivity index (χ0n) is 14.9. The molecule has 0 aromatic heterocycles. The van der Waals surface area contributed by atoms with Gasteiger partial charge in [0.2, 0.25) is 0 Å². The molecule has 156 valence electrons. The normalized spacial score (nSPS) is 17.6. The number of nitrogens with two attached hydrogens (primary N) is 4. The van der Waals surface area contributed by atoms with E-state index in [1.165, 1.54) is 13.8 Å². The lowest BCUT2D eigenvalue weighted by Gasteiger charge is -2.21. The van der Waals surface area contributed by atoms with Crippen LogP contribution in [0, 0.1) is 0 Å². The van der Waals surface area contributed by atoms with E-state index in [2.05, 4.69) is 9.47 Å². The second-order valence-corrected chi connectivity index (χ2v) is 5.75. The van der Waals surface area contributed by atoms with Crippen LogP contribution >= 0.6 is 0 Å². The number of carbonyl (C=O) groups is 4. The average Bonchev–Trinajstić information content (AvgIpc) is 2.61. The van der Waals surface area contributed by atoms with Gasteiger partial charge in [-0.15, -0.1) is 0 Å². The lowest BCUT2D eigenvalue weighted by Crippen LogP contribution is -2.48. The zero-order chi connectivity index (χ0) is 21.3. The van der Waals surface area contributed by atoms with Crippen LogP contribution in [0.3, 0.4) is 0 Å². The van der Waals surface area contributed by atoms with Crippen molar-refractivity contribution in [2.75, 3.05) is 13.2 Å². The highest BCUT2D eigenvalue weighted by atomic mass is 16.6. The molecule has 13 nitrogen and oxygen atoms in total. The first kappa shape index (κ1) is 24.7. The Morgan fingerprint density at radius 3 is 1.70 bits per heavy atom. The molecular weight excluding hydrogens is 368 g/mol. The molecule has 0 heterocycles. The van der Waals surface area contributed by atoms with Crippen molar-refractivity contribution >= 4 is 23.9 Å². The summed E-state index contributed by atoms with van der Waals surface area (Å²) in [5.41, 5.74) is 21.6. The molecule has 0 rings (SSSR count). The first-order valence-corrected chi connectivity index (χ1v) is 7.85. The minimum atomic E-state index is -1.42. The van der Waals surface area contributed by atoms with E-state index in [0.717, 1.165) is 0 Å². The van der Waals surface area contributed by atoms with E-state index in [0.29, 0.717) is 0 Å². The third kappa shape index (κ3) is 8.74. The van der Waals surface area contributed by atoms with Gasteiger partial charge in [0, 0.05) is 0 Å². The molecule has 0 saturated heterocycles. The molecular formula is C14H26N4O9. The Hall–Kier alpha value is -2.32. The molecule has 0 amide bonds. The maximum absolute atomic E-state index is 11.8. The van der Waals surface area contributed by atoms with Gasteiger partial charge in [0.05, 0.1) is 6.10 Å². The number of ether oxygens (including phenoxy) is 3. The Morgan fingerprint density at radius 1 is 0.815 bits per heavy atom. The average molecular weight is 394 g/mol. The van der Waals surface area contributed by atoms with Gasteiger partial charge < -0.3 is 47.4 Å². The minimum absolute atomic E-state index is 0.571. The van der Waals surface area contributed by atoms with Crippen molar-refractivity contribution in [1.29, 1.82) is 0 Å². The van der Waals surface area contributed by atoms with Gasteiger partial charge in [0.1, 0.15) is 43.5 Å². The highest BCUT2D eigenvalue weighted by Gasteiger charge is 2.29. The summed E-state index contributed by atoms with van der Waals surface area (Å²) in [6, 6.07) is -5.53. The Balaban J connectivity index is 4.43. The summed E-state index contributed by atoms with van der Waals surface area (Å²) in [6.45, 7) is 1.38. The van der Waals surface area contributed by atoms with Crippen LogP contribution in [0.25, 0.3) is 0 Å². The first-order chi connectivity index (χ1) is 12.4. The summed E-state index contributed by atoms with van der Waals surface area (Å²) in [7, 11) is 0. The number of hydrogen-bond donors (Lipinski definition) is 6.